The third-order valence-electron chi connectivity index (χ3n) is 3.13. The van der Waals surface area contributed by atoms with E-state index < -0.39 is 0 Å². The molecule has 0 radical (unpaired) electrons. The first-order valence-electron chi connectivity index (χ1n) is 5.48. The summed E-state index contributed by atoms with van der Waals surface area (Å²) in [5.74, 6) is 0.114. The number of benzene rings is 2. The maximum Gasteiger partial charge on any atom is 0.174 e. The molecule has 2 aromatic carbocycles. The van der Waals surface area contributed by atoms with Crippen LogP contribution in [0.5, 0.6) is 0 Å². The van der Waals surface area contributed by atoms with E-state index in [9.17, 15) is 9.90 Å². The van der Waals surface area contributed by atoms with Crippen LogP contribution in [0.4, 0.5) is 0 Å². The molecule has 0 saturated carbocycles. The van der Waals surface area contributed by atoms with Crippen molar-refractivity contribution in [2.24, 2.45) is 0 Å². The summed E-state index contributed by atoms with van der Waals surface area (Å²) in [6, 6.07) is 9.46. The van der Waals surface area contributed by atoms with Gasteiger partial charge in [0.2, 0.25) is 0 Å². The highest BCUT2D eigenvalue weighted by molar-refractivity contribution is 7.80. The molecule has 2 aromatic rings. The van der Waals surface area contributed by atoms with Crippen molar-refractivity contribution in [2.75, 3.05) is 0 Å². The quantitative estimate of drug-likeness (QED) is 0.694. The van der Waals surface area contributed by atoms with E-state index >= 15 is 0 Å². The molecule has 90 valence electrons. The van der Waals surface area contributed by atoms with Crippen molar-refractivity contribution in [2.45, 2.75) is 16.2 Å². The summed E-state index contributed by atoms with van der Waals surface area (Å²) in [6.45, 7) is 0. The number of carbonyl (C=O) groups excluding carboxylic acids is 1. The fraction of sp³-hybridized carbons (Fsp3) is 0.0714. The third kappa shape index (κ3) is 1.64. The zero-order valence-electron chi connectivity index (χ0n) is 9.34. The van der Waals surface area contributed by atoms with Crippen LogP contribution >= 0.6 is 25.3 Å². The van der Waals surface area contributed by atoms with Crippen LogP contribution in [0.3, 0.4) is 0 Å². The molecule has 0 saturated heterocycles. The molecule has 0 atom stereocenters. The Labute approximate surface area is 115 Å². The second-order valence-electron chi connectivity index (χ2n) is 4.29. The maximum atomic E-state index is 11.6. The van der Waals surface area contributed by atoms with E-state index in [1.54, 1.807) is 0 Å². The molecule has 0 heterocycles. The Bertz CT molecular complexity index is 717. The molecule has 4 heteroatoms. The van der Waals surface area contributed by atoms with Gasteiger partial charge in [-0.05, 0) is 29.0 Å². The van der Waals surface area contributed by atoms with Crippen LogP contribution in [0.15, 0.2) is 45.9 Å². The van der Waals surface area contributed by atoms with Gasteiger partial charge in [0.05, 0.1) is 12.0 Å². The van der Waals surface area contributed by atoms with Gasteiger partial charge < -0.3 is 5.11 Å². The number of aliphatic hydroxyl groups excluding tert-OH is 1. The lowest BCUT2D eigenvalue weighted by Crippen LogP contribution is -2.17. The molecule has 0 fully saturated rings. The second-order valence-corrected chi connectivity index (χ2v) is 5.28. The molecule has 0 amide bonds. The number of hydrogen-bond donors (Lipinski definition) is 3. The van der Waals surface area contributed by atoms with Crippen LogP contribution in [0.25, 0.3) is 16.3 Å². The van der Waals surface area contributed by atoms with Crippen LogP contribution in [0, 0.1) is 0 Å². The molecule has 0 bridgehead atoms. The molecule has 1 aliphatic carbocycles. The lowest BCUT2D eigenvalue weighted by molar-refractivity contribution is -0.115. The molecule has 1 aliphatic rings. The van der Waals surface area contributed by atoms with Gasteiger partial charge >= 0.3 is 0 Å². The fourth-order valence-corrected chi connectivity index (χ4v) is 2.76. The number of Topliss-reactive ketones (excluding diaryl/α,β-unsaturated/α-hetero) is 1. The molecule has 2 nitrogen and oxygen atoms in total. The number of allylic oxidation sites excluding steroid dienone is 2. The summed E-state index contributed by atoms with van der Waals surface area (Å²) in [4.78, 5) is 13.2. The average molecular weight is 274 g/mol. The molecule has 0 aliphatic heterocycles. The number of aliphatic hydroxyl groups is 1. The smallest absolute Gasteiger partial charge is 0.174 e. The van der Waals surface area contributed by atoms with E-state index in [4.69, 9.17) is 0 Å². The van der Waals surface area contributed by atoms with Gasteiger partial charge in [0.15, 0.2) is 5.78 Å². The van der Waals surface area contributed by atoms with Crippen molar-refractivity contribution in [3.05, 3.63) is 41.7 Å². The van der Waals surface area contributed by atoms with E-state index in [2.05, 4.69) is 25.3 Å². The minimum absolute atomic E-state index is 0.0368. The molecular formula is C14H10O2S2. The van der Waals surface area contributed by atoms with Crippen molar-refractivity contribution in [3.63, 3.8) is 0 Å². The van der Waals surface area contributed by atoms with Gasteiger partial charge in [0, 0.05) is 15.4 Å². The number of hydrogen-bond acceptors (Lipinski definition) is 4. The highest BCUT2D eigenvalue weighted by atomic mass is 32.1. The summed E-state index contributed by atoms with van der Waals surface area (Å²) < 4.78 is 0. The lowest BCUT2D eigenvalue weighted by atomic mass is 9.85. The van der Waals surface area contributed by atoms with Crippen LogP contribution in [0.2, 0.25) is 0 Å². The summed E-state index contributed by atoms with van der Waals surface area (Å²) in [5.41, 5.74) is 1.12. The average Bonchev–Trinajstić information content (AvgIpc) is 2.32. The maximum absolute atomic E-state index is 11.6. The van der Waals surface area contributed by atoms with Crippen molar-refractivity contribution in [1.29, 1.82) is 0 Å². The third-order valence-corrected chi connectivity index (χ3v) is 3.78. The summed E-state index contributed by atoms with van der Waals surface area (Å²) in [6.07, 6.45) is 0.129. The molecule has 3 rings (SSSR count). The minimum Gasteiger partial charge on any atom is -0.511 e. The van der Waals surface area contributed by atoms with Gasteiger partial charge in [0.25, 0.3) is 0 Å². The molecule has 1 N–H and O–H groups in total. The Morgan fingerprint density at radius 3 is 2.56 bits per heavy atom. The van der Waals surface area contributed by atoms with Crippen LogP contribution in [-0.4, -0.2) is 10.9 Å². The van der Waals surface area contributed by atoms with Gasteiger partial charge in [-0.1, -0.05) is 12.1 Å². The van der Waals surface area contributed by atoms with Crippen molar-refractivity contribution < 1.29 is 9.90 Å². The Hall–Kier alpha value is -1.39. The van der Waals surface area contributed by atoms with Crippen molar-refractivity contribution in [3.8, 4) is 0 Å². The molecule has 18 heavy (non-hydrogen) atoms. The Kier molecular flexibility index (Phi) is 2.64. The molecular weight excluding hydrogens is 264 g/mol. The first-order valence-corrected chi connectivity index (χ1v) is 6.38. The number of rotatable bonds is 1. The minimum atomic E-state index is -0.0368. The largest absolute Gasteiger partial charge is 0.511 e. The SMILES string of the molecule is O=C1CC(O)=C1c1c(S)ccc2cc(S)ccc12. The van der Waals surface area contributed by atoms with E-state index in [1.807, 2.05) is 30.3 Å². The predicted molar refractivity (Wildman–Crippen MR) is 77.6 cm³/mol. The summed E-state index contributed by atoms with van der Waals surface area (Å²) in [7, 11) is 0. The Morgan fingerprint density at radius 2 is 1.89 bits per heavy atom. The van der Waals surface area contributed by atoms with Crippen molar-refractivity contribution in [1.82, 2.24) is 0 Å². The first-order chi connectivity index (χ1) is 8.58. The van der Waals surface area contributed by atoms with Crippen LogP contribution in [0.1, 0.15) is 12.0 Å². The van der Waals surface area contributed by atoms with Crippen molar-refractivity contribution >= 4 is 47.4 Å². The first kappa shape index (κ1) is 11.7. The highest BCUT2D eigenvalue weighted by Gasteiger charge is 2.30. The Morgan fingerprint density at radius 1 is 1.11 bits per heavy atom. The van der Waals surface area contributed by atoms with E-state index in [-0.39, 0.29) is 18.0 Å². The fourth-order valence-electron chi connectivity index (χ4n) is 2.24. The van der Waals surface area contributed by atoms with Gasteiger partial charge in [-0.3, -0.25) is 4.79 Å². The van der Waals surface area contributed by atoms with Gasteiger partial charge in [0.1, 0.15) is 5.76 Å². The normalized spacial score (nSPS) is 15.1. The van der Waals surface area contributed by atoms with Gasteiger partial charge in [-0.25, -0.2) is 0 Å². The van der Waals surface area contributed by atoms with Gasteiger partial charge in [-0.15, -0.1) is 25.3 Å². The summed E-state index contributed by atoms with van der Waals surface area (Å²) in [5, 5.41) is 11.6. The van der Waals surface area contributed by atoms with E-state index in [0.717, 1.165) is 21.2 Å². The Balaban J connectivity index is 2.38. The molecule has 0 unspecified atom stereocenters. The lowest BCUT2D eigenvalue weighted by Gasteiger charge is -2.20. The topological polar surface area (TPSA) is 37.3 Å². The molecule has 0 aromatic heterocycles. The second kappa shape index (κ2) is 4.07. The zero-order chi connectivity index (χ0) is 12.9. The monoisotopic (exact) mass is 274 g/mol. The number of fused-ring (bicyclic) bond motifs is 1. The van der Waals surface area contributed by atoms with Gasteiger partial charge in [-0.2, -0.15) is 0 Å². The van der Waals surface area contributed by atoms with E-state index in [1.165, 1.54) is 0 Å². The zero-order valence-corrected chi connectivity index (χ0v) is 11.1. The summed E-state index contributed by atoms with van der Waals surface area (Å²) >= 11 is 8.69. The number of carbonyl (C=O) groups is 1. The highest BCUT2D eigenvalue weighted by Crippen LogP contribution is 2.39. The van der Waals surface area contributed by atoms with Crippen LogP contribution < -0.4 is 0 Å². The van der Waals surface area contributed by atoms with E-state index in [0.29, 0.717) is 10.5 Å². The standard InChI is InChI=1S/C14H10O2S2/c15-10-6-11(16)14(10)13-9-3-2-8(17)5-7(9)1-4-12(13)18/h1-5,15,17-18H,6H2. The number of thiol groups is 2. The van der Waals surface area contributed by atoms with Crippen LogP contribution in [-0.2, 0) is 4.79 Å². The molecule has 0 spiro atoms. The number of ketones is 1. The predicted octanol–water partition coefficient (Wildman–Crippen LogP) is 3.66.